The van der Waals surface area contributed by atoms with Crippen LogP contribution in [0.25, 0.3) is 0 Å². The lowest BCUT2D eigenvalue weighted by molar-refractivity contribution is 0.139. The van der Waals surface area contributed by atoms with E-state index in [0.29, 0.717) is 18.3 Å². The third-order valence-electron chi connectivity index (χ3n) is 6.95. The van der Waals surface area contributed by atoms with E-state index in [0.717, 1.165) is 50.0 Å². The summed E-state index contributed by atoms with van der Waals surface area (Å²) in [6.07, 6.45) is 8.33. The molecule has 0 aliphatic heterocycles. The Morgan fingerprint density at radius 1 is 0.862 bits per heavy atom. The lowest BCUT2D eigenvalue weighted by Gasteiger charge is -2.37. The molecule has 5 heteroatoms. The van der Waals surface area contributed by atoms with Gasteiger partial charge in [-0.25, -0.2) is 22.0 Å². The summed E-state index contributed by atoms with van der Waals surface area (Å²) in [6, 6.07) is 4.21. The molecule has 2 aliphatic rings. The molecule has 162 valence electrons. The van der Waals surface area contributed by atoms with Crippen molar-refractivity contribution in [2.75, 3.05) is 0 Å². The summed E-state index contributed by atoms with van der Waals surface area (Å²) in [7, 11) is 0. The van der Waals surface area contributed by atoms with E-state index in [1.807, 2.05) is 6.08 Å². The minimum absolute atomic E-state index is 0.0517. The molecular weight excluding hydrogens is 383 g/mol. The van der Waals surface area contributed by atoms with Crippen molar-refractivity contribution in [2.45, 2.75) is 83.0 Å². The molecule has 2 saturated carbocycles. The van der Waals surface area contributed by atoms with Gasteiger partial charge in [0.2, 0.25) is 6.43 Å². The highest BCUT2D eigenvalue weighted by molar-refractivity contribution is 5.28. The molecule has 1 aromatic carbocycles. The number of benzene rings is 1. The molecule has 0 aromatic heterocycles. The lowest BCUT2D eigenvalue weighted by Crippen LogP contribution is -2.25. The molecule has 0 heterocycles. The van der Waals surface area contributed by atoms with Crippen molar-refractivity contribution in [3.8, 4) is 0 Å². The summed E-state index contributed by atoms with van der Waals surface area (Å²) in [4.78, 5) is 0. The van der Waals surface area contributed by atoms with Crippen LogP contribution in [0.5, 0.6) is 0 Å². The SMILES string of the molecule is Fc1cc(C2CCC(C3CCC(/C=C/CCC(F)F)CC3)CC2)ccc1C(F)F. The molecule has 0 bridgehead atoms. The van der Waals surface area contributed by atoms with Crippen LogP contribution in [0, 0.1) is 23.6 Å². The van der Waals surface area contributed by atoms with Crippen molar-refractivity contribution in [2.24, 2.45) is 17.8 Å². The summed E-state index contributed by atoms with van der Waals surface area (Å²) in [6.45, 7) is 0. The van der Waals surface area contributed by atoms with Crippen LogP contribution < -0.4 is 0 Å². The summed E-state index contributed by atoms with van der Waals surface area (Å²) in [5.74, 6) is 1.41. The molecule has 3 rings (SSSR count). The average Bonchev–Trinajstić information content (AvgIpc) is 2.71. The Bertz CT molecular complexity index is 653. The molecule has 0 N–H and O–H groups in total. The highest BCUT2D eigenvalue weighted by Crippen LogP contribution is 2.44. The third kappa shape index (κ3) is 6.29. The Balaban J connectivity index is 1.43. The third-order valence-corrected chi connectivity index (χ3v) is 6.95. The van der Waals surface area contributed by atoms with Gasteiger partial charge in [0.15, 0.2) is 0 Å². The van der Waals surface area contributed by atoms with Gasteiger partial charge >= 0.3 is 0 Å². The molecule has 29 heavy (non-hydrogen) atoms. The maximum atomic E-state index is 13.9. The van der Waals surface area contributed by atoms with Crippen LogP contribution in [0.2, 0.25) is 0 Å². The van der Waals surface area contributed by atoms with Gasteiger partial charge < -0.3 is 0 Å². The van der Waals surface area contributed by atoms with E-state index in [1.54, 1.807) is 6.07 Å². The van der Waals surface area contributed by atoms with Crippen LogP contribution in [0.1, 0.15) is 87.7 Å². The first-order chi connectivity index (χ1) is 13.9. The van der Waals surface area contributed by atoms with Gasteiger partial charge in [-0.15, -0.1) is 0 Å². The van der Waals surface area contributed by atoms with Crippen molar-refractivity contribution < 1.29 is 22.0 Å². The van der Waals surface area contributed by atoms with Gasteiger partial charge in [0, 0.05) is 6.42 Å². The van der Waals surface area contributed by atoms with Crippen LogP contribution >= 0.6 is 0 Å². The fourth-order valence-corrected chi connectivity index (χ4v) is 5.22. The minimum atomic E-state index is -2.77. The number of hydrogen-bond donors (Lipinski definition) is 0. The molecule has 0 spiro atoms. The molecule has 0 nitrogen and oxygen atoms in total. The van der Waals surface area contributed by atoms with Crippen molar-refractivity contribution in [3.63, 3.8) is 0 Å². The predicted octanol–water partition coefficient (Wildman–Crippen LogP) is 8.45. The number of alkyl halides is 4. The number of hydrogen-bond acceptors (Lipinski definition) is 0. The fraction of sp³-hybridized carbons (Fsp3) is 0.667. The normalized spacial score (nSPS) is 28.5. The molecule has 0 unspecified atom stereocenters. The second-order valence-corrected chi connectivity index (χ2v) is 8.76. The van der Waals surface area contributed by atoms with Gasteiger partial charge in [-0.3, -0.25) is 0 Å². The summed E-state index contributed by atoms with van der Waals surface area (Å²) in [5, 5.41) is 0. The van der Waals surface area contributed by atoms with E-state index in [9.17, 15) is 22.0 Å². The van der Waals surface area contributed by atoms with Crippen LogP contribution in [-0.2, 0) is 0 Å². The van der Waals surface area contributed by atoms with Gasteiger partial charge in [-0.2, -0.15) is 0 Å². The second-order valence-electron chi connectivity index (χ2n) is 8.76. The highest BCUT2D eigenvalue weighted by atomic mass is 19.3. The van der Waals surface area contributed by atoms with E-state index in [1.165, 1.54) is 25.0 Å². The van der Waals surface area contributed by atoms with Crippen LogP contribution in [0.3, 0.4) is 0 Å². The second kappa shape index (κ2) is 10.6. The Labute approximate surface area is 170 Å². The van der Waals surface area contributed by atoms with Crippen molar-refractivity contribution >= 4 is 0 Å². The Kier molecular flexibility index (Phi) is 8.14. The van der Waals surface area contributed by atoms with E-state index in [4.69, 9.17) is 0 Å². The van der Waals surface area contributed by atoms with Gasteiger partial charge in [0.1, 0.15) is 5.82 Å². The summed E-state index contributed by atoms with van der Waals surface area (Å²) < 4.78 is 63.7. The minimum Gasteiger partial charge on any atom is -0.211 e. The predicted molar refractivity (Wildman–Crippen MR) is 106 cm³/mol. The molecule has 2 aliphatic carbocycles. The molecular formula is C24H31F5. The monoisotopic (exact) mass is 414 g/mol. The van der Waals surface area contributed by atoms with Gasteiger partial charge in [0.25, 0.3) is 6.43 Å². The van der Waals surface area contributed by atoms with E-state index >= 15 is 0 Å². The van der Waals surface area contributed by atoms with E-state index in [2.05, 4.69) is 6.08 Å². The van der Waals surface area contributed by atoms with Gasteiger partial charge in [-0.1, -0.05) is 24.3 Å². The number of halogens is 5. The molecule has 0 amide bonds. The topological polar surface area (TPSA) is 0 Å². The van der Waals surface area contributed by atoms with Crippen LogP contribution in [0.4, 0.5) is 22.0 Å². The Morgan fingerprint density at radius 3 is 2.03 bits per heavy atom. The van der Waals surface area contributed by atoms with Crippen molar-refractivity contribution in [1.82, 2.24) is 0 Å². The fourth-order valence-electron chi connectivity index (χ4n) is 5.22. The first-order valence-electron chi connectivity index (χ1n) is 11.0. The smallest absolute Gasteiger partial charge is 0.211 e. The van der Waals surface area contributed by atoms with E-state index in [-0.39, 0.29) is 12.3 Å². The van der Waals surface area contributed by atoms with Crippen molar-refractivity contribution in [1.29, 1.82) is 0 Å². The van der Waals surface area contributed by atoms with Crippen LogP contribution in [0.15, 0.2) is 30.4 Å². The zero-order valence-corrected chi connectivity index (χ0v) is 16.8. The van der Waals surface area contributed by atoms with Gasteiger partial charge in [0.05, 0.1) is 5.56 Å². The number of allylic oxidation sites excluding steroid dienone is 2. The van der Waals surface area contributed by atoms with Crippen LogP contribution in [-0.4, -0.2) is 6.43 Å². The Hall–Kier alpha value is -1.39. The lowest BCUT2D eigenvalue weighted by atomic mass is 9.68. The quantitative estimate of drug-likeness (QED) is 0.310. The van der Waals surface area contributed by atoms with Gasteiger partial charge in [-0.05, 0) is 93.1 Å². The number of rotatable bonds is 7. The van der Waals surface area contributed by atoms with Crippen molar-refractivity contribution in [3.05, 3.63) is 47.3 Å². The standard InChI is InChI=1S/C24H31F5/c25-22-15-20(13-14-21(22)24(28)29)19-11-9-18(10-12-19)17-7-5-16(6-8-17)3-1-2-4-23(26)27/h1,3,13-19,23-24H,2,4-12H2/b3-1+. The average molecular weight is 415 g/mol. The maximum Gasteiger partial charge on any atom is 0.266 e. The zero-order chi connectivity index (χ0) is 20.8. The molecule has 0 radical (unpaired) electrons. The first-order valence-corrected chi connectivity index (χ1v) is 11.0. The molecule has 0 atom stereocenters. The largest absolute Gasteiger partial charge is 0.266 e. The molecule has 1 aromatic rings. The first kappa shape index (κ1) is 22.3. The highest BCUT2D eigenvalue weighted by Gasteiger charge is 2.31. The summed E-state index contributed by atoms with van der Waals surface area (Å²) in [5.41, 5.74) is 0.338. The Morgan fingerprint density at radius 2 is 1.48 bits per heavy atom. The molecule has 2 fully saturated rings. The van der Waals surface area contributed by atoms with E-state index < -0.39 is 24.2 Å². The summed E-state index contributed by atoms with van der Waals surface area (Å²) >= 11 is 0. The zero-order valence-electron chi connectivity index (χ0n) is 16.8. The maximum absolute atomic E-state index is 13.9. The molecule has 0 saturated heterocycles.